The minimum Gasteiger partial charge on any atom is -0.322 e. The number of rotatable bonds is 3. The number of halogens is 2. The molecule has 1 N–H and O–H groups in total. The Morgan fingerprint density at radius 1 is 1.00 bits per heavy atom. The van der Waals surface area contributed by atoms with E-state index in [4.69, 9.17) is 23.2 Å². The Morgan fingerprint density at radius 3 is 2.41 bits per heavy atom. The van der Waals surface area contributed by atoms with Gasteiger partial charge in [0, 0.05) is 39.4 Å². The van der Waals surface area contributed by atoms with Crippen LogP contribution in [0.2, 0.25) is 10.0 Å². The molecule has 4 nitrogen and oxygen atoms in total. The van der Waals surface area contributed by atoms with Crippen LogP contribution >= 0.6 is 23.2 Å². The maximum Gasteiger partial charge on any atom is 0.255 e. The highest BCUT2D eigenvalue weighted by Crippen LogP contribution is 2.35. The largest absolute Gasteiger partial charge is 0.322 e. The van der Waals surface area contributed by atoms with Gasteiger partial charge >= 0.3 is 0 Å². The number of carbonyl (C=O) groups excluding carboxylic acids is 2. The summed E-state index contributed by atoms with van der Waals surface area (Å²) in [6.07, 6.45) is 5.09. The highest BCUT2D eigenvalue weighted by atomic mass is 35.5. The molecule has 0 saturated heterocycles. The van der Waals surface area contributed by atoms with Gasteiger partial charge in [0.25, 0.3) is 5.91 Å². The number of nitrogens with one attached hydrogen (secondary N) is 1. The lowest BCUT2D eigenvalue weighted by Gasteiger charge is -2.21. The predicted octanol–water partition coefficient (Wildman–Crippen LogP) is 5.33. The summed E-state index contributed by atoms with van der Waals surface area (Å²) in [5.41, 5.74) is 3.10. The van der Waals surface area contributed by atoms with E-state index in [0.717, 1.165) is 43.4 Å². The van der Waals surface area contributed by atoms with E-state index in [1.54, 1.807) is 18.2 Å². The molecule has 27 heavy (non-hydrogen) atoms. The summed E-state index contributed by atoms with van der Waals surface area (Å²) < 4.78 is 0. The van der Waals surface area contributed by atoms with Crippen LogP contribution in [0.1, 0.15) is 41.6 Å². The predicted molar refractivity (Wildman–Crippen MR) is 109 cm³/mol. The minimum absolute atomic E-state index is 0.141. The van der Waals surface area contributed by atoms with E-state index in [0.29, 0.717) is 27.8 Å². The summed E-state index contributed by atoms with van der Waals surface area (Å²) in [5.74, 6) is 0.0742. The molecule has 0 aromatic heterocycles. The zero-order valence-electron chi connectivity index (χ0n) is 14.8. The topological polar surface area (TPSA) is 49.4 Å². The smallest absolute Gasteiger partial charge is 0.255 e. The normalized spacial score (nSPS) is 16.4. The maximum absolute atomic E-state index is 12.8. The van der Waals surface area contributed by atoms with Crippen molar-refractivity contribution in [1.82, 2.24) is 0 Å². The summed E-state index contributed by atoms with van der Waals surface area (Å²) in [6.45, 7) is 0.714. The average Bonchev–Trinajstić information content (AvgIpc) is 3.30. The molecular formula is C21H20Cl2N2O2. The van der Waals surface area contributed by atoms with Gasteiger partial charge in [-0.05, 0) is 55.2 Å². The quantitative estimate of drug-likeness (QED) is 0.754. The van der Waals surface area contributed by atoms with Crippen LogP contribution in [-0.2, 0) is 11.2 Å². The molecule has 0 bridgehead atoms. The molecule has 6 heteroatoms. The van der Waals surface area contributed by atoms with Gasteiger partial charge in [0.15, 0.2) is 0 Å². The highest BCUT2D eigenvalue weighted by Gasteiger charge is 2.32. The molecular weight excluding hydrogens is 383 g/mol. The minimum atomic E-state index is -0.286. The van der Waals surface area contributed by atoms with Crippen molar-refractivity contribution < 1.29 is 9.59 Å². The van der Waals surface area contributed by atoms with E-state index in [1.165, 1.54) is 0 Å². The number of fused-ring (bicyclic) bond motifs is 1. The third kappa shape index (κ3) is 3.83. The van der Waals surface area contributed by atoms with Gasteiger partial charge in [-0.1, -0.05) is 42.1 Å². The molecule has 2 aliphatic rings. The monoisotopic (exact) mass is 402 g/mol. The summed E-state index contributed by atoms with van der Waals surface area (Å²) >= 11 is 12.0. The first-order valence-electron chi connectivity index (χ1n) is 9.23. The fourth-order valence-corrected chi connectivity index (χ4v) is 4.49. The molecule has 1 saturated carbocycles. The Balaban J connectivity index is 1.54. The van der Waals surface area contributed by atoms with Crippen LogP contribution < -0.4 is 10.2 Å². The Labute approximate surface area is 168 Å². The first-order chi connectivity index (χ1) is 13.0. The van der Waals surface area contributed by atoms with Gasteiger partial charge in [0.1, 0.15) is 0 Å². The molecule has 1 aliphatic carbocycles. The number of hydrogen-bond donors (Lipinski definition) is 1. The van der Waals surface area contributed by atoms with Crippen molar-refractivity contribution in [2.75, 3.05) is 16.8 Å². The Kier molecular flexibility index (Phi) is 5.11. The number of anilines is 2. The van der Waals surface area contributed by atoms with Crippen LogP contribution in [0.25, 0.3) is 0 Å². The molecule has 0 unspecified atom stereocenters. The SMILES string of the molecule is O=C(Nc1ccc2c(c1)N(C(=O)C1CCCC1)CC2)c1cc(Cl)cc(Cl)c1. The van der Waals surface area contributed by atoms with Gasteiger partial charge < -0.3 is 10.2 Å². The number of nitrogens with zero attached hydrogens (tertiary/aromatic N) is 1. The zero-order chi connectivity index (χ0) is 19.0. The van der Waals surface area contributed by atoms with Crippen LogP contribution in [0.5, 0.6) is 0 Å². The Hall–Kier alpha value is -2.04. The number of benzene rings is 2. The van der Waals surface area contributed by atoms with Crippen LogP contribution in [0.15, 0.2) is 36.4 Å². The van der Waals surface area contributed by atoms with E-state index in [-0.39, 0.29) is 17.7 Å². The van der Waals surface area contributed by atoms with Crippen LogP contribution in [0.4, 0.5) is 11.4 Å². The fourth-order valence-electron chi connectivity index (χ4n) is 3.97. The lowest BCUT2D eigenvalue weighted by atomic mass is 10.1. The van der Waals surface area contributed by atoms with Gasteiger partial charge in [-0.3, -0.25) is 9.59 Å². The molecule has 1 aliphatic heterocycles. The summed E-state index contributed by atoms with van der Waals surface area (Å²) in [4.78, 5) is 27.3. The first kappa shape index (κ1) is 18.3. The molecule has 140 valence electrons. The number of hydrogen-bond acceptors (Lipinski definition) is 2. The third-order valence-corrected chi connectivity index (χ3v) is 5.77. The number of amides is 2. The van der Waals surface area contributed by atoms with Crippen molar-refractivity contribution in [3.05, 3.63) is 57.6 Å². The van der Waals surface area contributed by atoms with Crippen molar-refractivity contribution in [2.45, 2.75) is 32.1 Å². The van der Waals surface area contributed by atoms with Crippen molar-refractivity contribution in [3.63, 3.8) is 0 Å². The van der Waals surface area contributed by atoms with Gasteiger partial charge in [-0.2, -0.15) is 0 Å². The second-order valence-electron chi connectivity index (χ2n) is 7.18. The summed E-state index contributed by atoms with van der Waals surface area (Å²) in [7, 11) is 0. The maximum atomic E-state index is 12.8. The molecule has 0 radical (unpaired) electrons. The van der Waals surface area contributed by atoms with Crippen molar-refractivity contribution in [2.24, 2.45) is 5.92 Å². The van der Waals surface area contributed by atoms with E-state index in [9.17, 15) is 9.59 Å². The van der Waals surface area contributed by atoms with Crippen molar-refractivity contribution in [3.8, 4) is 0 Å². The van der Waals surface area contributed by atoms with Crippen LogP contribution in [0.3, 0.4) is 0 Å². The van der Waals surface area contributed by atoms with E-state index >= 15 is 0 Å². The molecule has 2 aromatic rings. The highest BCUT2D eigenvalue weighted by molar-refractivity contribution is 6.35. The Bertz CT molecular complexity index is 887. The summed E-state index contributed by atoms with van der Waals surface area (Å²) in [6, 6.07) is 10.5. The molecule has 4 rings (SSSR count). The lowest BCUT2D eigenvalue weighted by Crippen LogP contribution is -2.33. The van der Waals surface area contributed by atoms with E-state index in [1.807, 2.05) is 23.1 Å². The first-order valence-corrected chi connectivity index (χ1v) is 9.98. The van der Waals surface area contributed by atoms with Crippen LogP contribution in [-0.4, -0.2) is 18.4 Å². The molecule has 2 aromatic carbocycles. The Morgan fingerprint density at radius 2 is 1.70 bits per heavy atom. The van der Waals surface area contributed by atoms with Gasteiger partial charge in [-0.25, -0.2) is 0 Å². The second kappa shape index (κ2) is 7.53. The van der Waals surface area contributed by atoms with Gasteiger partial charge in [-0.15, -0.1) is 0 Å². The second-order valence-corrected chi connectivity index (χ2v) is 8.05. The fraction of sp³-hybridized carbons (Fsp3) is 0.333. The van der Waals surface area contributed by atoms with Crippen molar-refractivity contribution in [1.29, 1.82) is 0 Å². The van der Waals surface area contributed by atoms with E-state index in [2.05, 4.69) is 5.32 Å². The molecule has 0 spiro atoms. The lowest BCUT2D eigenvalue weighted by molar-refractivity contribution is -0.122. The molecule has 1 heterocycles. The van der Waals surface area contributed by atoms with Crippen LogP contribution in [0, 0.1) is 5.92 Å². The molecule has 1 fully saturated rings. The average molecular weight is 403 g/mol. The summed E-state index contributed by atoms with van der Waals surface area (Å²) in [5, 5.41) is 3.70. The van der Waals surface area contributed by atoms with Gasteiger partial charge in [0.05, 0.1) is 0 Å². The molecule has 2 amide bonds. The third-order valence-electron chi connectivity index (χ3n) is 5.33. The van der Waals surface area contributed by atoms with Crippen molar-refractivity contribution >= 4 is 46.4 Å². The zero-order valence-corrected chi connectivity index (χ0v) is 16.3. The standard InChI is InChI=1S/C21H20Cl2N2O2/c22-16-9-15(10-17(23)11-16)20(26)24-18-6-5-13-7-8-25(19(13)12-18)21(27)14-3-1-2-4-14/h5-6,9-12,14H,1-4,7-8H2,(H,24,26). The number of carbonyl (C=O) groups is 2. The van der Waals surface area contributed by atoms with Gasteiger partial charge in [0.2, 0.25) is 5.91 Å². The molecule has 0 atom stereocenters. The van der Waals surface area contributed by atoms with E-state index < -0.39 is 0 Å².